The molecule has 2 amide bonds. The molecule has 1 heterocycles. The average molecular weight is 344 g/mol. The second kappa shape index (κ2) is 8.03. The second-order valence-corrected chi connectivity index (χ2v) is 7.99. The Morgan fingerprint density at radius 2 is 1.76 bits per heavy atom. The Labute approximate surface area is 152 Å². The smallest absolute Gasteiger partial charge is 0.229 e. The van der Waals surface area contributed by atoms with Gasteiger partial charge in [0.15, 0.2) is 0 Å². The van der Waals surface area contributed by atoms with Gasteiger partial charge in [0.25, 0.3) is 0 Å². The molecule has 4 heteroatoms. The van der Waals surface area contributed by atoms with Crippen LogP contribution in [0.1, 0.15) is 58.6 Å². The molecule has 25 heavy (non-hydrogen) atoms. The van der Waals surface area contributed by atoms with Gasteiger partial charge in [-0.05, 0) is 36.8 Å². The van der Waals surface area contributed by atoms with E-state index in [0.717, 1.165) is 37.9 Å². The number of para-hydroxylation sites is 1. The molecular weight excluding hydrogens is 312 g/mol. The highest BCUT2D eigenvalue weighted by molar-refractivity contribution is 5.95. The molecule has 0 aromatic heterocycles. The summed E-state index contributed by atoms with van der Waals surface area (Å²) in [4.78, 5) is 27.3. The van der Waals surface area contributed by atoms with E-state index in [9.17, 15) is 9.59 Å². The first kappa shape index (κ1) is 19.5. The Bertz CT molecular complexity index is 609. The van der Waals surface area contributed by atoms with Crippen molar-refractivity contribution in [2.75, 3.05) is 18.4 Å². The van der Waals surface area contributed by atoms with E-state index in [1.54, 1.807) is 0 Å². The second-order valence-electron chi connectivity index (χ2n) is 7.99. The highest BCUT2D eigenvalue weighted by atomic mass is 16.2. The summed E-state index contributed by atoms with van der Waals surface area (Å²) < 4.78 is 0. The summed E-state index contributed by atoms with van der Waals surface area (Å²) in [5.74, 6) is 0.0462. The minimum atomic E-state index is -0.400. The zero-order valence-electron chi connectivity index (χ0n) is 16.3. The monoisotopic (exact) mass is 344 g/mol. The number of hydrogen-bond acceptors (Lipinski definition) is 2. The maximum Gasteiger partial charge on any atom is 0.229 e. The number of piperidine rings is 1. The topological polar surface area (TPSA) is 49.4 Å². The van der Waals surface area contributed by atoms with E-state index < -0.39 is 5.41 Å². The maximum atomic E-state index is 12.9. The molecule has 0 radical (unpaired) electrons. The predicted molar refractivity (Wildman–Crippen MR) is 103 cm³/mol. The molecule has 0 spiro atoms. The highest BCUT2D eigenvalue weighted by Gasteiger charge is 2.33. The quantitative estimate of drug-likeness (QED) is 0.896. The van der Waals surface area contributed by atoms with Crippen molar-refractivity contribution in [1.29, 1.82) is 0 Å². The molecule has 1 aliphatic rings. The molecule has 138 valence electrons. The molecule has 1 aromatic carbocycles. The number of hydrogen-bond donors (Lipinski definition) is 1. The van der Waals surface area contributed by atoms with E-state index >= 15 is 0 Å². The minimum absolute atomic E-state index is 0.0435. The average Bonchev–Trinajstić information content (AvgIpc) is 2.60. The van der Waals surface area contributed by atoms with Gasteiger partial charge in [-0.15, -0.1) is 0 Å². The lowest BCUT2D eigenvalue weighted by Gasteiger charge is -2.36. The standard InChI is InChI=1S/C21H32N2O2/c1-6-15-10-8-11-16(7-2)18(15)22-19(24)17-12-9-13-23(14-17)20(25)21(3,4)5/h8,10-11,17H,6-7,9,12-14H2,1-5H3,(H,22,24). The third kappa shape index (κ3) is 4.62. The van der Waals surface area contributed by atoms with E-state index in [1.807, 2.05) is 25.7 Å². The van der Waals surface area contributed by atoms with Crippen LogP contribution >= 0.6 is 0 Å². The summed E-state index contributed by atoms with van der Waals surface area (Å²) in [6.45, 7) is 11.3. The molecule has 0 aliphatic carbocycles. The van der Waals surface area contributed by atoms with Gasteiger partial charge in [0.1, 0.15) is 0 Å². The zero-order valence-corrected chi connectivity index (χ0v) is 16.3. The number of aryl methyl sites for hydroxylation is 2. The van der Waals surface area contributed by atoms with Crippen LogP contribution in [0.4, 0.5) is 5.69 Å². The minimum Gasteiger partial charge on any atom is -0.341 e. The van der Waals surface area contributed by atoms with E-state index in [2.05, 4.69) is 37.4 Å². The summed E-state index contributed by atoms with van der Waals surface area (Å²) in [5, 5.41) is 3.17. The van der Waals surface area contributed by atoms with Gasteiger partial charge in [0.05, 0.1) is 5.92 Å². The molecule has 1 aliphatic heterocycles. The van der Waals surface area contributed by atoms with Gasteiger partial charge >= 0.3 is 0 Å². The molecule has 0 saturated carbocycles. The lowest BCUT2D eigenvalue weighted by molar-refractivity contribution is -0.142. The van der Waals surface area contributed by atoms with Crippen molar-refractivity contribution in [2.24, 2.45) is 11.3 Å². The number of amides is 2. The number of benzene rings is 1. The molecule has 1 atom stereocenters. The number of carbonyl (C=O) groups excluding carboxylic acids is 2. The summed E-state index contributed by atoms with van der Waals surface area (Å²) >= 11 is 0. The van der Waals surface area contributed by atoms with Crippen molar-refractivity contribution in [3.8, 4) is 0 Å². The molecule has 0 bridgehead atoms. The number of anilines is 1. The fourth-order valence-corrected chi connectivity index (χ4v) is 3.48. The number of nitrogens with one attached hydrogen (secondary N) is 1. The first-order valence-electron chi connectivity index (χ1n) is 9.48. The molecule has 1 saturated heterocycles. The summed E-state index contributed by atoms with van der Waals surface area (Å²) in [5.41, 5.74) is 2.91. The van der Waals surface area contributed by atoms with Crippen LogP contribution in [-0.2, 0) is 22.4 Å². The SMILES string of the molecule is CCc1cccc(CC)c1NC(=O)C1CCCN(C(=O)C(C)(C)C)C1. The van der Waals surface area contributed by atoms with Crippen LogP contribution in [-0.4, -0.2) is 29.8 Å². The molecular formula is C21H32N2O2. The summed E-state index contributed by atoms with van der Waals surface area (Å²) in [6.07, 6.45) is 3.51. The molecule has 1 N–H and O–H groups in total. The van der Waals surface area contributed by atoms with Crippen molar-refractivity contribution < 1.29 is 9.59 Å². The van der Waals surface area contributed by atoms with E-state index in [-0.39, 0.29) is 17.7 Å². The van der Waals surface area contributed by atoms with Crippen LogP contribution in [0.15, 0.2) is 18.2 Å². The molecule has 1 unspecified atom stereocenters. The Morgan fingerprint density at radius 3 is 2.28 bits per heavy atom. The molecule has 4 nitrogen and oxygen atoms in total. The Morgan fingerprint density at radius 1 is 1.16 bits per heavy atom. The first-order valence-corrected chi connectivity index (χ1v) is 9.48. The zero-order chi connectivity index (χ0) is 18.6. The van der Waals surface area contributed by atoms with Gasteiger partial charge < -0.3 is 10.2 Å². The Kier molecular flexibility index (Phi) is 6.26. The Hall–Kier alpha value is -1.84. The number of likely N-dealkylation sites (tertiary alicyclic amines) is 1. The number of carbonyl (C=O) groups is 2. The third-order valence-electron chi connectivity index (χ3n) is 4.97. The summed E-state index contributed by atoms with van der Waals surface area (Å²) in [6, 6.07) is 6.20. The normalized spacial score (nSPS) is 18.1. The van der Waals surface area contributed by atoms with Gasteiger partial charge in [-0.1, -0.05) is 52.8 Å². The maximum absolute atomic E-state index is 12.9. The predicted octanol–water partition coefficient (Wildman–Crippen LogP) is 4.03. The van der Waals surface area contributed by atoms with Crippen molar-refractivity contribution in [2.45, 2.75) is 60.3 Å². The fourth-order valence-electron chi connectivity index (χ4n) is 3.48. The third-order valence-corrected chi connectivity index (χ3v) is 4.97. The number of rotatable bonds is 4. The first-order chi connectivity index (χ1) is 11.8. The van der Waals surface area contributed by atoms with Gasteiger partial charge in [0, 0.05) is 24.2 Å². The van der Waals surface area contributed by atoms with Crippen LogP contribution in [0.2, 0.25) is 0 Å². The fraction of sp³-hybridized carbons (Fsp3) is 0.619. The number of nitrogens with zero attached hydrogens (tertiary/aromatic N) is 1. The van der Waals surface area contributed by atoms with Crippen LogP contribution in [0.5, 0.6) is 0 Å². The van der Waals surface area contributed by atoms with Gasteiger partial charge in [-0.3, -0.25) is 9.59 Å². The van der Waals surface area contributed by atoms with Crippen molar-refractivity contribution in [1.82, 2.24) is 4.90 Å². The molecule has 1 fully saturated rings. The van der Waals surface area contributed by atoms with Crippen LogP contribution in [0, 0.1) is 11.3 Å². The van der Waals surface area contributed by atoms with E-state index in [4.69, 9.17) is 0 Å². The van der Waals surface area contributed by atoms with Gasteiger partial charge in [-0.25, -0.2) is 0 Å². The Balaban J connectivity index is 2.12. The highest BCUT2D eigenvalue weighted by Crippen LogP contribution is 2.27. The molecule has 1 aromatic rings. The van der Waals surface area contributed by atoms with Crippen molar-refractivity contribution in [3.05, 3.63) is 29.3 Å². The lowest BCUT2D eigenvalue weighted by atomic mass is 9.90. The van der Waals surface area contributed by atoms with Gasteiger partial charge in [-0.2, -0.15) is 0 Å². The van der Waals surface area contributed by atoms with Crippen molar-refractivity contribution >= 4 is 17.5 Å². The largest absolute Gasteiger partial charge is 0.341 e. The van der Waals surface area contributed by atoms with Crippen molar-refractivity contribution in [3.63, 3.8) is 0 Å². The van der Waals surface area contributed by atoms with Gasteiger partial charge in [0.2, 0.25) is 11.8 Å². The summed E-state index contributed by atoms with van der Waals surface area (Å²) in [7, 11) is 0. The molecule has 2 rings (SSSR count). The van der Waals surface area contributed by atoms with Crippen LogP contribution < -0.4 is 5.32 Å². The lowest BCUT2D eigenvalue weighted by Crippen LogP contribution is -2.47. The van der Waals surface area contributed by atoms with E-state index in [0.29, 0.717) is 6.54 Å². The van der Waals surface area contributed by atoms with Crippen LogP contribution in [0.3, 0.4) is 0 Å². The van der Waals surface area contributed by atoms with Crippen LogP contribution in [0.25, 0.3) is 0 Å². The van der Waals surface area contributed by atoms with E-state index in [1.165, 1.54) is 11.1 Å².